The van der Waals surface area contributed by atoms with E-state index in [1.165, 1.54) is 10.9 Å². The lowest BCUT2D eigenvalue weighted by atomic mass is 10.2. The number of fused-ring (bicyclic) bond motifs is 1. The smallest absolute Gasteiger partial charge is 0.261 e. The second-order valence-electron chi connectivity index (χ2n) is 5.30. The van der Waals surface area contributed by atoms with Crippen LogP contribution in [0.4, 0.5) is 5.69 Å². The Morgan fingerprint density at radius 3 is 2.84 bits per heavy atom. The Balaban J connectivity index is 1.74. The number of nitrogens with zero attached hydrogens (tertiary/aromatic N) is 2. The Bertz CT molecular complexity index is 1020. The van der Waals surface area contributed by atoms with Gasteiger partial charge in [0, 0.05) is 17.4 Å². The number of anilines is 1. The third-order valence-electron chi connectivity index (χ3n) is 3.59. The van der Waals surface area contributed by atoms with Crippen LogP contribution in [-0.2, 0) is 11.3 Å². The number of hydrogen-bond donors (Lipinski definition) is 1. The molecule has 0 atom stereocenters. The van der Waals surface area contributed by atoms with E-state index in [9.17, 15) is 9.59 Å². The molecule has 0 bridgehead atoms. The number of amides is 1. The Kier molecular flexibility index (Phi) is 5.42. The minimum atomic E-state index is -0.273. The fourth-order valence-electron chi connectivity index (χ4n) is 2.33. The maximum absolute atomic E-state index is 12.5. The molecule has 0 radical (unpaired) electrons. The van der Waals surface area contributed by atoms with Crippen LogP contribution in [0, 0.1) is 0 Å². The first kappa shape index (κ1) is 17.9. The maximum Gasteiger partial charge on any atom is 0.261 e. The van der Waals surface area contributed by atoms with Crippen molar-refractivity contribution in [2.45, 2.75) is 13.0 Å². The predicted octanol–water partition coefficient (Wildman–Crippen LogP) is 4.49. The molecule has 1 aromatic heterocycles. The van der Waals surface area contributed by atoms with E-state index in [0.717, 1.165) is 4.47 Å². The minimum Gasteiger partial charge on any atom is -0.325 e. The molecule has 0 aliphatic heterocycles. The molecule has 0 saturated heterocycles. The molecule has 128 valence electrons. The van der Waals surface area contributed by atoms with E-state index in [4.69, 9.17) is 23.2 Å². The highest BCUT2D eigenvalue weighted by Crippen LogP contribution is 2.29. The summed E-state index contributed by atoms with van der Waals surface area (Å²) in [5.41, 5.74) is 0.853. The van der Waals surface area contributed by atoms with Gasteiger partial charge in [0.25, 0.3) is 5.56 Å². The summed E-state index contributed by atoms with van der Waals surface area (Å²) in [4.78, 5) is 28.8. The first-order valence-corrected chi connectivity index (χ1v) is 8.89. The van der Waals surface area contributed by atoms with Gasteiger partial charge in [0.15, 0.2) is 0 Å². The second-order valence-corrected chi connectivity index (χ2v) is 7.00. The topological polar surface area (TPSA) is 64.0 Å². The van der Waals surface area contributed by atoms with E-state index in [1.54, 1.807) is 30.3 Å². The molecule has 1 N–H and O–H groups in total. The van der Waals surface area contributed by atoms with Crippen molar-refractivity contribution in [1.82, 2.24) is 9.55 Å². The van der Waals surface area contributed by atoms with E-state index in [-0.39, 0.29) is 29.5 Å². The van der Waals surface area contributed by atoms with Gasteiger partial charge in [0.05, 0.1) is 33.0 Å². The van der Waals surface area contributed by atoms with Crippen LogP contribution in [0.3, 0.4) is 0 Å². The van der Waals surface area contributed by atoms with Crippen molar-refractivity contribution in [3.05, 3.63) is 67.6 Å². The van der Waals surface area contributed by atoms with Crippen LogP contribution >= 0.6 is 39.1 Å². The van der Waals surface area contributed by atoms with Crippen molar-refractivity contribution in [3.63, 3.8) is 0 Å². The van der Waals surface area contributed by atoms with E-state index < -0.39 is 0 Å². The summed E-state index contributed by atoms with van der Waals surface area (Å²) in [6.07, 6.45) is 1.54. The van der Waals surface area contributed by atoms with Gasteiger partial charge in [-0.3, -0.25) is 14.2 Å². The number of carbonyl (C=O) groups is 1. The Morgan fingerprint density at radius 1 is 1.24 bits per heavy atom. The molecule has 2 aromatic carbocycles. The largest absolute Gasteiger partial charge is 0.325 e. The number of aryl methyl sites for hydroxylation is 1. The van der Waals surface area contributed by atoms with Crippen LogP contribution in [0.25, 0.3) is 10.9 Å². The zero-order valence-corrected chi connectivity index (χ0v) is 15.9. The molecule has 0 unspecified atom stereocenters. The van der Waals surface area contributed by atoms with Crippen LogP contribution < -0.4 is 10.9 Å². The van der Waals surface area contributed by atoms with Crippen molar-refractivity contribution in [3.8, 4) is 0 Å². The van der Waals surface area contributed by atoms with Crippen molar-refractivity contribution < 1.29 is 4.79 Å². The number of rotatable bonds is 4. The van der Waals surface area contributed by atoms with Crippen molar-refractivity contribution in [1.29, 1.82) is 0 Å². The first-order valence-electron chi connectivity index (χ1n) is 7.34. The lowest BCUT2D eigenvalue weighted by molar-refractivity contribution is -0.116. The molecule has 0 aliphatic rings. The maximum atomic E-state index is 12.5. The Hall–Kier alpha value is -1.89. The van der Waals surface area contributed by atoms with E-state index in [0.29, 0.717) is 21.6 Å². The molecule has 25 heavy (non-hydrogen) atoms. The Labute approximate surface area is 161 Å². The SMILES string of the molecule is O=C(CCn1cnc2ccc(Br)cc2c1=O)Nc1cccc(Cl)c1Cl. The normalized spacial score (nSPS) is 10.8. The quantitative estimate of drug-likeness (QED) is 0.649. The average molecular weight is 441 g/mol. The number of hydrogen-bond acceptors (Lipinski definition) is 3. The monoisotopic (exact) mass is 439 g/mol. The van der Waals surface area contributed by atoms with Crippen LogP contribution in [0.5, 0.6) is 0 Å². The van der Waals surface area contributed by atoms with Crippen molar-refractivity contribution in [2.75, 3.05) is 5.32 Å². The lowest BCUT2D eigenvalue weighted by Crippen LogP contribution is -2.23. The summed E-state index contributed by atoms with van der Waals surface area (Å²) in [5.74, 6) is -0.273. The first-order chi connectivity index (χ1) is 12.0. The van der Waals surface area contributed by atoms with Crippen LogP contribution in [0.15, 0.2) is 52.0 Å². The molecule has 0 aliphatic carbocycles. The molecular formula is C17H12BrCl2N3O2. The van der Waals surface area contributed by atoms with E-state index in [2.05, 4.69) is 26.2 Å². The molecule has 5 nitrogen and oxygen atoms in total. The van der Waals surface area contributed by atoms with Crippen molar-refractivity contribution in [2.24, 2.45) is 0 Å². The number of benzene rings is 2. The molecule has 3 aromatic rings. The highest BCUT2D eigenvalue weighted by molar-refractivity contribution is 9.10. The van der Waals surface area contributed by atoms with Gasteiger partial charge in [-0.15, -0.1) is 0 Å². The highest BCUT2D eigenvalue weighted by atomic mass is 79.9. The number of carbonyl (C=O) groups excluding carboxylic acids is 1. The molecule has 0 spiro atoms. The molecule has 1 heterocycles. The van der Waals surface area contributed by atoms with Gasteiger partial charge < -0.3 is 5.32 Å². The third-order valence-corrected chi connectivity index (χ3v) is 4.90. The summed E-state index contributed by atoms with van der Waals surface area (Å²) in [6.45, 7) is 0.207. The fraction of sp³-hybridized carbons (Fsp3) is 0.118. The van der Waals surface area contributed by atoms with E-state index in [1.807, 2.05) is 6.07 Å². The summed E-state index contributed by atoms with van der Waals surface area (Å²) in [5, 5.41) is 3.83. The van der Waals surface area contributed by atoms with Gasteiger partial charge in [-0.2, -0.15) is 0 Å². The van der Waals surface area contributed by atoms with Gasteiger partial charge in [0.2, 0.25) is 5.91 Å². The van der Waals surface area contributed by atoms with Gasteiger partial charge in [-0.1, -0.05) is 45.2 Å². The third kappa shape index (κ3) is 4.03. The van der Waals surface area contributed by atoms with Crippen molar-refractivity contribution >= 4 is 61.6 Å². The fourth-order valence-corrected chi connectivity index (χ4v) is 3.03. The van der Waals surface area contributed by atoms with Gasteiger partial charge in [0.1, 0.15) is 0 Å². The zero-order chi connectivity index (χ0) is 18.0. The van der Waals surface area contributed by atoms with Gasteiger partial charge >= 0.3 is 0 Å². The molecule has 0 saturated carbocycles. The summed E-state index contributed by atoms with van der Waals surface area (Å²) >= 11 is 15.3. The molecule has 1 amide bonds. The number of halogens is 3. The Morgan fingerprint density at radius 2 is 2.04 bits per heavy atom. The van der Waals surface area contributed by atoms with Gasteiger partial charge in [-0.05, 0) is 30.3 Å². The molecule has 8 heteroatoms. The molecule has 3 rings (SSSR count). The average Bonchev–Trinajstić information content (AvgIpc) is 2.59. The molecule has 0 fully saturated rings. The summed E-state index contributed by atoms with van der Waals surface area (Å²) in [7, 11) is 0. The predicted molar refractivity (Wildman–Crippen MR) is 103 cm³/mol. The van der Waals surface area contributed by atoms with Crippen LogP contribution in [-0.4, -0.2) is 15.5 Å². The van der Waals surface area contributed by atoms with Crippen LogP contribution in [0.1, 0.15) is 6.42 Å². The lowest BCUT2D eigenvalue weighted by Gasteiger charge is -2.09. The summed E-state index contributed by atoms with van der Waals surface area (Å²) < 4.78 is 2.21. The second kappa shape index (κ2) is 7.56. The van der Waals surface area contributed by atoms with Gasteiger partial charge in [-0.25, -0.2) is 4.98 Å². The number of aromatic nitrogens is 2. The minimum absolute atomic E-state index is 0.101. The highest BCUT2D eigenvalue weighted by Gasteiger charge is 2.10. The van der Waals surface area contributed by atoms with E-state index >= 15 is 0 Å². The molecular weight excluding hydrogens is 429 g/mol. The summed E-state index contributed by atoms with van der Waals surface area (Å²) in [6, 6.07) is 10.3. The standard InChI is InChI=1S/C17H12BrCl2N3O2/c18-10-4-5-13-11(8-10)17(25)23(9-21-13)7-6-15(24)22-14-3-1-2-12(19)16(14)20/h1-5,8-9H,6-7H2,(H,22,24). The number of nitrogens with one attached hydrogen (secondary N) is 1. The zero-order valence-electron chi connectivity index (χ0n) is 12.8. The van der Waals surface area contributed by atoms with Crippen LogP contribution in [0.2, 0.25) is 10.0 Å².